The van der Waals surface area contributed by atoms with Gasteiger partial charge in [0.2, 0.25) is 0 Å². The van der Waals surface area contributed by atoms with Crippen molar-refractivity contribution in [3.63, 3.8) is 0 Å². The number of allylic oxidation sites excluding steroid dienone is 1. The highest BCUT2D eigenvalue weighted by Gasteiger charge is 2.32. The third-order valence-corrected chi connectivity index (χ3v) is 1.88. The van der Waals surface area contributed by atoms with Crippen molar-refractivity contribution in [1.29, 1.82) is 0 Å². The van der Waals surface area contributed by atoms with E-state index < -0.39 is 5.67 Å². The number of rotatable bonds is 3. The minimum atomic E-state index is -1.41. The van der Waals surface area contributed by atoms with E-state index in [-0.39, 0.29) is 11.7 Å². The van der Waals surface area contributed by atoms with Crippen LogP contribution in [0.25, 0.3) is 0 Å². The van der Waals surface area contributed by atoms with Crippen LogP contribution in [0.3, 0.4) is 0 Å². The maximum atomic E-state index is 13.4. The molecule has 1 nitrogen and oxygen atoms in total. The third kappa shape index (κ3) is 1.72. The van der Waals surface area contributed by atoms with Crippen LogP contribution in [0.5, 0.6) is 0 Å². The van der Waals surface area contributed by atoms with E-state index in [0.717, 1.165) is 0 Å². The van der Waals surface area contributed by atoms with Crippen LogP contribution < -0.4 is 0 Å². The molecule has 0 spiro atoms. The zero-order valence-corrected chi connectivity index (χ0v) is 7.07. The molecule has 0 bridgehead atoms. The quantitative estimate of drug-likeness (QED) is 0.556. The van der Waals surface area contributed by atoms with E-state index in [1.165, 1.54) is 14.0 Å². The third-order valence-electron chi connectivity index (χ3n) is 1.88. The molecule has 0 rings (SSSR count). The summed E-state index contributed by atoms with van der Waals surface area (Å²) in [4.78, 5) is 0. The Morgan fingerprint density at radius 2 is 2.00 bits per heavy atom. The molecule has 0 N–H and O–H groups in total. The summed E-state index contributed by atoms with van der Waals surface area (Å²) < 4.78 is 18.1. The first-order valence-electron chi connectivity index (χ1n) is 3.35. The Labute approximate surface area is 61.9 Å². The van der Waals surface area contributed by atoms with E-state index in [1.54, 1.807) is 13.8 Å². The van der Waals surface area contributed by atoms with E-state index >= 15 is 0 Å². The first-order chi connectivity index (χ1) is 4.42. The molecule has 0 heterocycles. The molecular weight excluding hydrogens is 131 g/mol. The lowest BCUT2D eigenvalue weighted by molar-refractivity contribution is 0.0867. The van der Waals surface area contributed by atoms with Crippen LogP contribution in [0.4, 0.5) is 4.39 Å². The van der Waals surface area contributed by atoms with Crippen LogP contribution in [0.1, 0.15) is 20.8 Å². The van der Waals surface area contributed by atoms with Crippen LogP contribution in [-0.2, 0) is 4.74 Å². The van der Waals surface area contributed by atoms with E-state index in [9.17, 15) is 4.39 Å². The Hall–Kier alpha value is -0.530. The highest BCUT2D eigenvalue weighted by molar-refractivity contribution is 5.04. The van der Waals surface area contributed by atoms with E-state index in [0.29, 0.717) is 0 Å². The molecule has 0 aromatic carbocycles. The largest absolute Gasteiger partial charge is 0.498 e. The van der Waals surface area contributed by atoms with Crippen molar-refractivity contribution < 1.29 is 9.13 Å². The fourth-order valence-corrected chi connectivity index (χ4v) is 0.522. The fraction of sp³-hybridized carbons (Fsp3) is 0.750. The molecule has 0 saturated carbocycles. The summed E-state index contributed by atoms with van der Waals surface area (Å²) >= 11 is 0. The average molecular weight is 146 g/mol. The van der Waals surface area contributed by atoms with Crippen molar-refractivity contribution in [2.24, 2.45) is 5.92 Å². The van der Waals surface area contributed by atoms with Crippen molar-refractivity contribution in [3.05, 3.63) is 12.3 Å². The maximum Gasteiger partial charge on any atom is 0.166 e. The number of methoxy groups -OCH3 is 1. The van der Waals surface area contributed by atoms with Gasteiger partial charge >= 0.3 is 0 Å². The Bertz CT molecular complexity index is 127. The molecule has 0 aliphatic rings. The van der Waals surface area contributed by atoms with Gasteiger partial charge in [-0.1, -0.05) is 20.4 Å². The molecule has 0 aliphatic carbocycles. The minimum absolute atomic E-state index is 0.0973. The van der Waals surface area contributed by atoms with Gasteiger partial charge in [-0.2, -0.15) is 0 Å². The zero-order valence-electron chi connectivity index (χ0n) is 7.07. The second kappa shape index (κ2) is 3.04. The van der Waals surface area contributed by atoms with Crippen LogP contribution in [0.2, 0.25) is 0 Å². The van der Waals surface area contributed by atoms with Crippen molar-refractivity contribution in [3.8, 4) is 0 Å². The van der Waals surface area contributed by atoms with Crippen LogP contribution in [-0.4, -0.2) is 12.8 Å². The van der Waals surface area contributed by atoms with Crippen LogP contribution in [0, 0.1) is 5.92 Å². The average Bonchev–Trinajstić information content (AvgIpc) is 1.86. The summed E-state index contributed by atoms with van der Waals surface area (Å²) in [6.45, 7) is 8.54. The Morgan fingerprint density at radius 1 is 1.60 bits per heavy atom. The van der Waals surface area contributed by atoms with Crippen molar-refractivity contribution in [2.75, 3.05) is 7.11 Å². The summed E-state index contributed by atoms with van der Waals surface area (Å²) in [5.41, 5.74) is -1.41. The number of halogens is 1. The van der Waals surface area contributed by atoms with Crippen molar-refractivity contribution in [2.45, 2.75) is 26.4 Å². The first kappa shape index (κ1) is 9.47. The monoisotopic (exact) mass is 146 g/mol. The number of hydrogen-bond acceptors (Lipinski definition) is 1. The number of ether oxygens (including phenoxy) is 1. The highest BCUT2D eigenvalue weighted by atomic mass is 19.1. The van der Waals surface area contributed by atoms with Gasteiger partial charge in [-0.05, 0) is 12.8 Å². The normalized spacial score (nSPS) is 16.6. The fourth-order valence-electron chi connectivity index (χ4n) is 0.522. The maximum absolute atomic E-state index is 13.4. The summed E-state index contributed by atoms with van der Waals surface area (Å²) in [7, 11) is 1.43. The molecule has 0 aromatic rings. The predicted molar refractivity (Wildman–Crippen MR) is 40.5 cm³/mol. The van der Waals surface area contributed by atoms with Gasteiger partial charge in [0.1, 0.15) is 5.76 Å². The van der Waals surface area contributed by atoms with E-state index in [2.05, 4.69) is 6.58 Å². The topological polar surface area (TPSA) is 9.23 Å². The summed E-state index contributed by atoms with van der Waals surface area (Å²) in [5, 5.41) is 0. The molecule has 0 amide bonds. The Morgan fingerprint density at radius 3 is 2.10 bits per heavy atom. The van der Waals surface area contributed by atoms with E-state index in [4.69, 9.17) is 4.74 Å². The molecule has 1 atom stereocenters. The lowest BCUT2D eigenvalue weighted by Gasteiger charge is -2.25. The van der Waals surface area contributed by atoms with Gasteiger partial charge < -0.3 is 4.74 Å². The first-order valence-corrected chi connectivity index (χ1v) is 3.35. The molecule has 0 saturated heterocycles. The summed E-state index contributed by atoms with van der Waals surface area (Å²) in [6.07, 6.45) is 0. The predicted octanol–water partition coefficient (Wildman–Crippen LogP) is 2.53. The minimum Gasteiger partial charge on any atom is -0.498 e. The molecule has 0 radical (unpaired) electrons. The molecule has 0 aromatic heterocycles. The van der Waals surface area contributed by atoms with Gasteiger partial charge in [-0.15, -0.1) is 0 Å². The van der Waals surface area contributed by atoms with Crippen LogP contribution >= 0.6 is 0 Å². The van der Waals surface area contributed by atoms with Crippen molar-refractivity contribution >= 4 is 0 Å². The van der Waals surface area contributed by atoms with Gasteiger partial charge in [-0.25, -0.2) is 4.39 Å². The highest BCUT2D eigenvalue weighted by Crippen LogP contribution is 2.28. The molecule has 2 heteroatoms. The van der Waals surface area contributed by atoms with Gasteiger partial charge in [0.25, 0.3) is 0 Å². The van der Waals surface area contributed by atoms with Gasteiger partial charge in [0, 0.05) is 0 Å². The van der Waals surface area contributed by atoms with E-state index in [1.807, 2.05) is 0 Å². The lowest BCUT2D eigenvalue weighted by atomic mass is 9.93. The second-order valence-corrected chi connectivity index (χ2v) is 2.86. The molecule has 10 heavy (non-hydrogen) atoms. The summed E-state index contributed by atoms with van der Waals surface area (Å²) in [6, 6.07) is 0. The van der Waals surface area contributed by atoms with Crippen molar-refractivity contribution in [1.82, 2.24) is 0 Å². The molecular formula is C8H15FO. The lowest BCUT2D eigenvalue weighted by Crippen LogP contribution is -2.28. The zero-order chi connectivity index (χ0) is 8.36. The standard InChI is InChI=1S/C8H15FO/c1-6(2)8(4,9)7(3)10-5/h6H,3H2,1-2,4-5H3. The van der Waals surface area contributed by atoms with Crippen LogP contribution in [0.15, 0.2) is 12.3 Å². The molecule has 1 unspecified atom stereocenters. The van der Waals surface area contributed by atoms with Gasteiger partial charge in [0.15, 0.2) is 5.67 Å². The number of alkyl halides is 1. The molecule has 60 valence electrons. The van der Waals surface area contributed by atoms with Gasteiger partial charge in [-0.3, -0.25) is 0 Å². The molecule has 0 aliphatic heterocycles. The van der Waals surface area contributed by atoms with Gasteiger partial charge in [0.05, 0.1) is 7.11 Å². The smallest absolute Gasteiger partial charge is 0.166 e. The Balaban J connectivity index is 4.24. The Kier molecular flexibility index (Phi) is 2.88. The second-order valence-electron chi connectivity index (χ2n) is 2.86. The summed E-state index contributed by atoms with van der Waals surface area (Å²) in [5.74, 6) is 0.0995. The molecule has 0 fully saturated rings. The number of hydrogen-bond donors (Lipinski definition) is 0. The SMILES string of the molecule is C=C(OC)C(C)(F)C(C)C.